The second kappa shape index (κ2) is 9.46. The minimum atomic E-state index is -1.29. The van der Waals surface area contributed by atoms with E-state index in [1.807, 2.05) is 13.0 Å². The fourth-order valence-electron chi connectivity index (χ4n) is 3.70. The molecule has 6 N–H and O–H groups in total. The lowest BCUT2D eigenvalue weighted by molar-refractivity contribution is -0.140. The number of nitrogens with zero attached hydrogens (tertiary/aromatic N) is 1. The molecule has 0 radical (unpaired) electrons. The van der Waals surface area contributed by atoms with Gasteiger partial charge < -0.3 is 21.3 Å². The van der Waals surface area contributed by atoms with Gasteiger partial charge in [-0.05, 0) is 48.4 Å². The first-order chi connectivity index (χ1) is 15.2. The minimum absolute atomic E-state index is 0.0488. The number of nitrogens with one attached hydrogen (secondary N) is 2. The first-order valence-electron chi connectivity index (χ1n) is 10.1. The molecule has 10 nitrogen and oxygen atoms in total. The Morgan fingerprint density at radius 1 is 1.22 bits per heavy atom. The number of benzene rings is 1. The van der Waals surface area contributed by atoms with Gasteiger partial charge in [-0.1, -0.05) is 25.1 Å². The Kier molecular flexibility index (Phi) is 6.72. The van der Waals surface area contributed by atoms with E-state index in [0.29, 0.717) is 24.1 Å². The Bertz CT molecular complexity index is 1140. The molecule has 0 spiro atoms. The number of allylic oxidation sites excluding steroid dienone is 2. The molecule has 1 aromatic heterocycles. The zero-order valence-corrected chi connectivity index (χ0v) is 17.4. The van der Waals surface area contributed by atoms with Crippen LogP contribution in [0.4, 0.5) is 5.95 Å². The van der Waals surface area contributed by atoms with Crippen LogP contribution in [0.15, 0.2) is 35.1 Å². The van der Waals surface area contributed by atoms with Crippen LogP contribution in [-0.2, 0) is 16.0 Å². The second-order valence-corrected chi connectivity index (χ2v) is 7.67. The van der Waals surface area contributed by atoms with Gasteiger partial charge in [0.25, 0.3) is 11.5 Å². The van der Waals surface area contributed by atoms with E-state index in [1.54, 1.807) is 24.3 Å². The second-order valence-electron chi connectivity index (χ2n) is 7.67. The molecular formula is C22H24N4O6. The van der Waals surface area contributed by atoms with Crippen LogP contribution >= 0.6 is 0 Å². The molecule has 1 amide bonds. The molecule has 10 heteroatoms. The van der Waals surface area contributed by atoms with E-state index >= 15 is 0 Å². The van der Waals surface area contributed by atoms with Crippen molar-refractivity contribution < 1.29 is 24.6 Å². The van der Waals surface area contributed by atoms with Crippen molar-refractivity contribution in [3.05, 3.63) is 63.1 Å². The number of aromatic nitrogens is 2. The molecule has 3 rings (SSSR count). The summed E-state index contributed by atoms with van der Waals surface area (Å²) in [5, 5.41) is 20.3. The van der Waals surface area contributed by atoms with Crippen LogP contribution in [-0.4, -0.2) is 44.1 Å². The molecule has 1 aliphatic rings. The Hall–Kier alpha value is -3.95. The summed E-state index contributed by atoms with van der Waals surface area (Å²) < 4.78 is 0. The van der Waals surface area contributed by atoms with Crippen LogP contribution in [0.5, 0.6) is 0 Å². The van der Waals surface area contributed by atoms with E-state index in [1.165, 1.54) is 0 Å². The van der Waals surface area contributed by atoms with E-state index in [-0.39, 0.29) is 35.8 Å². The lowest BCUT2D eigenvalue weighted by Crippen LogP contribution is -2.41. The van der Waals surface area contributed by atoms with Crippen LogP contribution in [0, 0.1) is 0 Å². The highest BCUT2D eigenvalue weighted by Crippen LogP contribution is 2.31. The third kappa shape index (κ3) is 5.20. The van der Waals surface area contributed by atoms with Gasteiger partial charge in [0.1, 0.15) is 6.04 Å². The summed E-state index contributed by atoms with van der Waals surface area (Å²) in [6, 6.07) is 5.38. The predicted molar refractivity (Wildman–Crippen MR) is 116 cm³/mol. The van der Waals surface area contributed by atoms with E-state index < -0.39 is 23.9 Å². The maximum absolute atomic E-state index is 12.4. The van der Waals surface area contributed by atoms with Crippen LogP contribution in [0.3, 0.4) is 0 Å². The third-order valence-corrected chi connectivity index (χ3v) is 5.37. The molecule has 1 aliphatic carbocycles. The number of H-pyrrole nitrogens is 1. The highest BCUT2D eigenvalue weighted by Gasteiger charge is 2.23. The van der Waals surface area contributed by atoms with E-state index in [4.69, 9.17) is 10.8 Å². The third-order valence-electron chi connectivity index (χ3n) is 5.37. The van der Waals surface area contributed by atoms with Crippen molar-refractivity contribution in [2.45, 2.75) is 44.6 Å². The highest BCUT2D eigenvalue weighted by molar-refractivity contribution is 5.96. The van der Waals surface area contributed by atoms with Crippen molar-refractivity contribution in [1.29, 1.82) is 0 Å². The van der Waals surface area contributed by atoms with Gasteiger partial charge in [0, 0.05) is 12.0 Å². The number of anilines is 1. The maximum Gasteiger partial charge on any atom is 0.326 e. The Labute approximate surface area is 183 Å². The summed E-state index contributed by atoms with van der Waals surface area (Å²) in [4.78, 5) is 53.3. The molecule has 0 saturated carbocycles. The monoisotopic (exact) mass is 440 g/mol. The fraction of sp³-hybridized carbons (Fsp3) is 0.318. The lowest BCUT2D eigenvalue weighted by Gasteiger charge is -2.14. The van der Waals surface area contributed by atoms with Crippen LogP contribution in [0.25, 0.3) is 5.57 Å². The van der Waals surface area contributed by atoms with Gasteiger partial charge in [0.2, 0.25) is 5.95 Å². The molecule has 1 aromatic carbocycles. The average Bonchev–Trinajstić information content (AvgIpc) is 3.13. The molecule has 1 unspecified atom stereocenters. The summed E-state index contributed by atoms with van der Waals surface area (Å²) in [5.41, 5.74) is 8.66. The molecule has 0 aliphatic heterocycles. The molecule has 0 saturated heterocycles. The molecule has 2 atom stereocenters. The average molecular weight is 440 g/mol. The number of hydrogen-bond acceptors (Lipinski definition) is 6. The number of carbonyl (C=O) groups excluding carboxylic acids is 1. The van der Waals surface area contributed by atoms with Gasteiger partial charge in [0.15, 0.2) is 0 Å². The normalized spacial score (nSPS) is 15.7. The number of fused-ring (bicyclic) bond motifs is 1. The van der Waals surface area contributed by atoms with Gasteiger partial charge in [-0.3, -0.25) is 19.4 Å². The number of nitrogens with two attached hydrogens (primary N) is 1. The number of nitrogen functional groups attached to an aromatic ring is 1. The standard InChI is InChI=1S/C22H24N4O6/c1-11(10-14-6-7-15-18(14)20(30)26-22(23)25-15)12-2-4-13(5-3-12)19(29)24-16(21(31)32)8-9-17(27)28/h2-5,10-11,16H,6-9H2,1H3,(H,24,29)(H,27,28)(H,31,32)(H3,23,25,26,30)/t11?,16-/m0/s1. The van der Waals surface area contributed by atoms with Crippen LogP contribution in [0.2, 0.25) is 0 Å². The lowest BCUT2D eigenvalue weighted by atomic mass is 9.95. The van der Waals surface area contributed by atoms with E-state index in [0.717, 1.165) is 11.1 Å². The summed E-state index contributed by atoms with van der Waals surface area (Å²) >= 11 is 0. The Balaban J connectivity index is 1.71. The number of aliphatic carboxylic acids is 2. The number of carboxylic acid groups (broad SMARTS) is 2. The molecule has 32 heavy (non-hydrogen) atoms. The Morgan fingerprint density at radius 3 is 2.53 bits per heavy atom. The first-order valence-corrected chi connectivity index (χ1v) is 10.1. The molecular weight excluding hydrogens is 416 g/mol. The highest BCUT2D eigenvalue weighted by atomic mass is 16.4. The van der Waals surface area contributed by atoms with Crippen molar-refractivity contribution in [1.82, 2.24) is 15.3 Å². The predicted octanol–water partition coefficient (Wildman–Crippen LogP) is 1.53. The topological polar surface area (TPSA) is 175 Å². The van der Waals surface area contributed by atoms with Gasteiger partial charge >= 0.3 is 11.9 Å². The summed E-state index contributed by atoms with van der Waals surface area (Å²) in [5.74, 6) is -2.97. The molecule has 2 aromatic rings. The largest absolute Gasteiger partial charge is 0.481 e. The quantitative estimate of drug-likeness (QED) is 0.410. The van der Waals surface area contributed by atoms with Crippen molar-refractivity contribution in [3.8, 4) is 0 Å². The number of hydrogen-bond donors (Lipinski definition) is 5. The number of rotatable bonds is 8. The molecule has 1 heterocycles. The summed E-state index contributed by atoms with van der Waals surface area (Å²) in [6.07, 6.45) is 2.75. The van der Waals surface area contributed by atoms with Gasteiger partial charge in [-0.2, -0.15) is 0 Å². The number of carboxylic acids is 2. The molecule has 168 valence electrons. The molecule has 0 fully saturated rings. The van der Waals surface area contributed by atoms with E-state index in [9.17, 15) is 24.3 Å². The number of carbonyl (C=O) groups is 3. The SMILES string of the molecule is CC(C=C1CCc2nc(N)[nH]c(=O)c21)c1ccc(C(=O)N[C@@H](CCC(=O)O)C(=O)O)cc1. The molecule has 0 bridgehead atoms. The van der Waals surface area contributed by atoms with Crippen LogP contribution < -0.4 is 16.6 Å². The van der Waals surface area contributed by atoms with Crippen molar-refractivity contribution in [3.63, 3.8) is 0 Å². The smallest absolute Gasteiger partial charge is 0.326 e. The van der Waals surface area contributed by atoms with Gasteiger partial charge in [-0.15, -0.1) is 0 Å². The van der Waals surface area contributed by atoms with Gasteiger partial charge in [0.05, 0.1) is 11.3 Å². The number of amides is 1. The number of aromatic amines is 1. The van der Waals surface area contributed by atoms with Crippen LogP contribution in [0.1, 0.15) is 59.3 Å². The summed E-state index contributed by atoms with van der Waals surface area (Å²) in [6.45, 7) is 1.96. The van der Waals surface area contributed by atoms with Gasteiger partial charge in [-0.25, -0.2) is 9.78 Å². The zero-order valence-electron chi connectivity index (χ0n) is 17.4. The zero-order chi connectivity index (χ0) is 23.4. The van der Waals surface area contributed by atoms with Crippen molar-refractivity contribution >= 4 is 29.4 Å². The maximum atomic E-state index is 12.4. The van der Waals surface area contributed by atoms with E-state index in [2.05, 4.69) is 15.3 Å². The summed E-state index contributed by atoms with van der Waals surface area (Å²) in [7, 11) is 0. The fourth-order valence-corrected chi connectivity index (χ4v) is 3.70. The number of aryl methyl sites for hydroxylation is 1. The van der Waals surface area contributed by atoms with Crippen molar-refractivity contribution in [2.75, 3.05) is 5.73 Å². The first kappa shape index (κ1) is 22.7. The van der Waals surface area contributed by atoms with Crippen molar-refractivity contribution in [2.24, 2.45) is 0 Å². The Morgan fingerprint density at radius 2 is 1.91 bits per heavy atom. The minimum Gasteiger partial charge on any atom is -0.481 e.